The van der Waals surface area contributed by atoms with Gasteiger partial charge in [-0.3, -0.25) is 9.00 Å². The zero-order valence-electron chi connectivity index (χ0n) is 11.8. The molecule has 0 radical (unpaired) electrons. The molecule has 1 atom stereocenters. The molecular weight excluding hydrogens is 280 g/mol. The van der Waals surface area contributed by atoms with Crippen molar-refractivity contribution in [1.29, 1.82) is 0 Å². The number of aryl methyl sites for hydroxylation is 1. The van der Waals surface area contributed by atoms with Gasteiger partial charge in [0.05, 0.1) is 16.7 Å². The Morgan fingerprint density at radius 2 is 2.05 bits per heavy atom. The summed E-state index contributed by atoms with van der Waals surface area (Å²) in [6.45, 7) is 8.19. The summed E-state index contributed by atoms with van der Waals surface area (Å²) in [6.07, 6.45) is 0.880. The van der Waals surface area contributed by atoms with Crippen molar-refractivity contribution in [3.8, 4) is 0 Å². The van der Waals surface area contributed by atoms with Crippen LogP contribution in [0.15, 0.2) is 11.0 Å². The number of carbonyl (C=O) groups excluding carboxylic acids is 1. The van der Waals surface area contributed by atoms with Crippen LogP contribution >= 0.6 is 11.6 Å². The van der Waals surface area contributed by atoms with Crippen molar-refractivity contribution >= 4 is 28.2 Å². The molecule has 0 N–H and O–H groups in total. The van der Waals surface area contributed by atoms with Crippen LogP contribution in [0.5, 0.6) is 0 Å². The topological polar surface area (TPSA) is 34.1 Å². The molecule has 0 bridgehead atoms. The number of Topliss-reactive ketones (excluding diaryl/α,β-unsaturated/α-hetero) is 1. The summed E-state index contributed by atoms with van der Waals surface area (Å²) in [5, 5.41) is 0. The monoisotopic (exact) mass is 298 g/mol. The van der Waals surface area contributed by atoms with Crippen molar-refractivity contribution in [1.82, 2.24) is 0 Å². The standard InChI is InChI=1S/C15H19ClO2S/c1-9-7-11(12(17)8-16)10(2)13-14(9)19(18)6-5-15(13,3)4/h7H,5-6,8H2,1-4H3. The van der Waals surface area contributed by atoms with E-state index in [0.717, 1.165) is 28.0 Å². The first kappa shape index (κ1) is 14.7. The van der Waals surface area contributed by atoms with E-state index >= 15 is 0 Å². The molecule has 0 spiro atoms. The normalized spacial score (nSPS) is 21.0. The van der Waals surface area contributed by atoms with Gasteiger partial charge in [-0.25, -0.2) is 0 Å². The van der Waals surface area contributed by atoms with Crippen LogP contribution in [0.1, 0.15) is 47.3 Å². The molecule has 19 heavy (non-hydrogen) atoms. The smallest absolute Gasteiger partial charge is 0.177 e. The van der Waals surface area contributed by atoms with Crippen LogP contribution < -0.4 is 0 Å². The number of benzene rings is 1. The zero-order chi connectivity index (χ0) is 14.4. The van der Waals surface area contributed by atoms with Crippen molar-refractivity contribution in [3.05, 3.63) is 28.3 Å². The molecule has 2 rings (SSSR count). The molecule has 1 heterocycles. The minimum Gasteiger partial charge on any atom is -0.293 e. The molecule has 1 aromatic rings. The molecule has 0 aromatic heterocycles. The molecule has 104 valence electrons. The van der Waals surface area contributed by atoms with E-state index < -0.39 is 10.8 Å². The van der Waals surface area contributed by atoms with Crippen LogP contribution in [0.3, 0.4) is 0 Å². The van der Waals surface area contributed by atoms with Gasteiger partial charge in [0.25, 0.3) is 0 Å². The van der Waals surface area contributed by atoms with Gasteiger partial charge in [0, 0.05) is 16.2 Å². The van der Waals surface area contributed by atoms with E-state index in [1.54, 1.807) is 0 Å². The Bertz CT molecular complexity index is 576. The highest BCUT2D eigenvalue weighted by atomic mass is 35.5. The Hall–Kier alpha value is -0.670. The molecule has 0 saturated heterocycles. The third-order valence-electron chi connectivity index (χ3n) is 3.96. The summed E-state index contributed by atoms with van der Waals surface area (Å²) >= 11 is 5.68. The van der Waals surface area contributed by atoms with Gasteiger partial charge >= 0.3 is 0 Å². The maximum Gasteiger partial charge on any atom is 0.177 e. The van der Waals surface area contributed by atoms with Crippen molar-refractivity contribution in [2.24, 2.45) is 0 Å². The first-order valence-electron chi connectivity index (χ1n) is 6.42. The Kier molecular flexibility index (Phi) is 3.90. The number of halogens is 1. The molecule has 0 saturated carbocycles. The number of hydrogen-bond donors (Lipinski definition) is 0. The Labute approximate surface area is 122 Å². The van der Waals surface area contributed by atoms with Crippen molar-refractivity contribution in [3.63, 3.8) is 0 Å². The predicted octanol–water partition coefficient (Wildman–Crippen LogP) is 3.51. The fraction of sp³-hybridized carbons (Fsp3) is 0.533. The Morgan fingerprint density at radius 3 is 2.63 bits per heavy atom. The minimum atomic E-state index is -0.951. The molecule has 1 aliphatic rings. The molecule has 2 nitrogen and oxygen atoms in total. The van der Waals surface area contributed by atoms with Gasteiger partial charge in [-0.15, -0.1) is 11.6 Å². The van der Waals surface area contributed by atoms with Crippen LogP contribution in [0, 0.1) is 13.8 Å². The third kappa shape index (κ3) is 2.38. The first-order chi connectivity index (χ1) is 8.79. The van der Waals surface area contributed by atoms with Gasteiger partial charge in [-0.1, -0.05) is 13.8 Å². The van der Waals surface area contributed by atoms with Crippen LogP contribution in [-0.2, 0) is 16.2 Å². The summed E-state index contributed by atoms with van der Waals surface area (Å²) in [4.78, 5) is 12.9. The predicted molar refractivity (Wildman–Crippen MR) is 79.9 cm³/mol. The molecule has 1 aliphatic heterocycles. The molecule has 0 aliphatic carbocycles. The average Bonchev–Trinajstić information content (AvgIpc) is 2.35. The van der Waals surface area contributed by atoms with E-state index in [0.29, 0.717) is 11.3 Å². The van der Waals surface area contributed by atoms with Crippen molar-refractivity contribution in [2.45, 2.75) is 44.4 Å². The van der Waals surface area contributed by atoms with Gasteiger partial charge in [0.1, 0.15) is 0 Å². The van der Waals surface area contributed by atoms with E-state index in [2.05, 4.69) is 13.8 Å². The quantitative estimate of drug-likeness (QED) is 0.618. The molecule has 1 aromatic carbocycles. The fourth-order valence-corrected chi connectivity index (χ4v) is 5.06. The third-order valence-corrected chi connectivity index (χ3v) is 5.76. The second kappa shape index (κ2) is 5.02. The maximum atomic E-state index is 12.3. The summed E-state index contributed by atoms with van der Waals surface area (Å²) in [5.74, 6) is 0.628. The summed E-state index contributed by atoms with van der Waals surface area (Å²) in [7, 11) is -0.951. The largest absolute Gasteiger partial charge is 0.293 e. The second-order valence-corrected chi connectivity index (χ2v) is 7.59. The highest BCUT2D eigenvalue weighted by Gasteiger charge is 2.35. The lowest BCUT2D eigenvalue weighted by atomic mass is 9.77. The lowest BCUT2D eigenvalue weighted by Crippen LogP contribution is -2.30. The number of rotatable bonds is 2. The first-order valence-corrected chi connectivity index (χ1v) is 8.27. The molecule has 0 fully saturated rings. The zero-order valence-corrected chi connectivity index (χ0v) is 13.4. The molecular formula is C15H19ClO2S. The van der Waals surface area contributed by atoms with Crippen LogP contribution in [-0.4, -0.2) is 21.6 Å². The van der Waals surface area contributed by atoms with E-state index in [1.165, 1.54) is 0 Å². The number of hydrogen-bond acceptors (Lipinski definition) is 2. The number of ketones is 1. The lowest BCUT2D eigenvalue weighted by Gasteiger charge is -2.35. The van der Waals surface area contributed by atoms with E-state index in [9.17, 15) is 9.00 Å². The van der Waals surface area contributed by atoms with Crippen LogP contribution in [0.4, 0.5) is 0 Å². The number of alkyl halides is 1. The SMILES string of the molecule is Cc1cc(C(=O)CCl)c(C)c2c1S(=O)CCC2(C)C. The number of fused-ring (bicyclic) bond motifs is 1. The van der Waals surface area contributed by atoms with E-state index in [4.69, 9.17) is 11.6 Å². The van der Waals surface area contributed by atoms with Crippen LogP contribution in [0.2, 0.25) is 0 Å². The lowest BCUT2D eigenvalue weighted by molar-refractivity contribution is 0.102. The second-order valence-electron chi connectivity index (χ2n) is 5.81. The Balaban J connectivity index is 2.80. The summed E-state index contributed by atoms with van der Waals surface area (Å²) in [6, 6.07) is 1.85. The molecule has 1 unspecified atom stereocenters. The minimum absolute atomic E-state index is 0.0113. The van der Waals surface area contributed by atoms with Crippen molar-refractivity contribution < 1.29 is 9.00 Å². The van der Waals surface area contributed by atoms with Gasteiger partial charge < -0.3 is 0 Å². The van der Waals surface area contributed by atoms with Gasteiger partial charge in [-0.2, -0.15) is 0 Å². The number of carbonyl (C=O) groups is 1. The van der Waals surface area contributed by atoms with Gasteiger partial charge in [0.2, 0.25) is 0 Å². The highest BCUT2D eigenvalue weighted by molar-refractivity contribution is 7.85. The summed E-state index contributed by atoms with van der Waals surface area (Å²) < 4.78 is 12.3. The van der Waals surface area contributed by atoms with Gasteiger partial charge in [-0.05, 0) is 48.4 Å². The Morgan fingerprint density at radius 1 is 1.42 bits per heavy atom. The van der Waals surface area contributed by atoms with Gasteiger partial charge in [0.15, 0.2) is 5.78 Å². The van der Waals surface area contributed by atoms with E-state index in [-0.39, 0.29) is 17.1 Å². The highest BCUT2D eigenvalue weighted by Crippen LogP contribution is 2.41. The van der Waals surface area contributed by atoms with Crippen LogP contribution in [0.25, 0.3) is 0 Å². The maximum absolute atomic E-state index is 12.3. The average molecular weight is 299 g/mol. The van der Waals surface area contributed by atoms with E-state index in [1.807, 2.05) is 19.9 Å². The summed E-state index contributed by atoms with van der Waals surface area (Å²) in [5.41, 5.74) is 3.62. The fourth-order valence-electron chi connectivity index (χ4n) is 2.94. The van der Waals surface area contributed by atoms with Crippen molar-refractivity contribution in [2.75, 3.05) is 11.6 Å². The molecule has 4 heteroatoms. The molecule has 0 amide bonds.